The summed E-state index contributed by atoms with van der Waals surface area (Å²) in [7, 11) is 0. The molecule has 172 valence electrons. The highest BCUT2D eigenvalue weighted by molar-refractivity contribution is 5.79. The predicted octanol–water partition coefficient (Wildman–Crippen LogP) is 2.77. The number of esters is 2. The molecule has 0 aliphatic carbocycles. The summed E-state index contributed by atoms with van der Waals surface area (Å²) in [6, 6.07) is 0. The number of rotatable bonds is 21. The Morgan fingerprint density at radius 3 is 1.52 bits per heavy atom. The first-order valence-corrected chi connectivity index (χ1v) is 10.7. The number of unbranched alkanes of at least 4 members (excludes halogenated alkanes) is 2. The topological polar surface area (TPSA) is 89.5 Å². The zero-order chi connectivity index (χ0) is 21.6. The molecule has 0 aliphatic heterocycles. The first-order valence-electron chi connectivity index (χ1n) is 10.7. The van der Waals surface area contributed by atoms with E-state index in [9.17, 15) is 9.59 Å². The van der Waals surface area contributed by atoms with Crippen LogP contribution in [0.25, 0.3) is 0 Å². The third-order valence-corrected chi connectivity index (χ3v) is 3.87. The molecule has 0 N–H and O–H groups in total. The van der Waals surface area contributed by atoms with Crippen molar-refractivity contribution in [2.45, 2.75) is 52.9 Å². The molecule has 1 unspecified atom stereocenters. The van der Waals surface area contributed by atoms with Crippen molar-refractivity contribution in [1.29, 1.82) is 0 Å². The van der Waals surface area contributed by atoms with Crippen molar-refractivity contribution in [3.05, 3.63) is 0 Å². The zero-order valence-corrected chi connectivity index (χ0v) is 18.4. The Bertz CT molecular complexity index is 389. The fraction of sp³-hybridized carbons (Fsp3) is 0.905. The quantitative estimate of drug-likeness (QED) is 0.207. The molecule has 0 saturated carbocycles. The Kier molecular flexibility index (Phi) is 20.6. The van der Waals surface area contributed by atoms with E-state index < -0.39 is 17.9 Å². The molecule has 0 aromatic rings. The lowest BCUT2D eigenvalue weighted by Crippen LogP contribution is -2.22. The van der Waals surface area contributed by atoms with Crippen LogP contribution in [0.15, 0.2) is 0 Å². The summed E-state index contributed by atoms with van der Waals surface area (Å²) in [6.45, 7) is 10.3. The van der Waals surface area contributed by atoms with E-state index in [2.05, 4.69) is 13.8 Å². The van der Waals surface area contributed by atoms with Gasteiger partial charge in [0, 0.05) is 13.2 Å². The molecular weight excluding hydrogens is 380 g/mol. The number of ether oxygens (including phenoxy) is 6. The summed E-state index contributed by atoms with van der Waals surface area (Å²) in [4.78, 5) is 23.6. The second-order valence-corrected chi connectivity index (χ2v) is 6.65. The number of carbonyl (C=O) groups is 2. The van der Waals surface area contributed by atoms with Crippen molar-refractivity contribution in [1.82, 2.24) is 0 Å². The monoisotopic (exact) mass is 420 g/mol. The molecule has 0 amide bonds. The second kappa shape index (κ2) is 21.5. The van der Waals surface area contributed by atoms with Crippen molar-refractivity contribution >= 4 is 11.9 Å². The minimum atomic E-state index is -0.562. The maximum absolute atomic E-state index is 11.9. The zero-order valence-electron chi connectivity index (χ0n) is 18.4. The maximum atomic E-state index is 11.9. The third-order valence-electron chi connectivity index (χ3n) is 3.87. The summed E-state index contributed by atoms with van der Waals surface area (Å²) < 4.78 is 31.5. The van der Waals surface area contributed by atoms with E-state index in [0.29, 0.717) is 39.6 Å². The molecule has 1 atom stereocenters. The molecule has 0 heterocycles. The lowest BCUT2D eigenvalue weighted by molar-refractivity contribution is -0.156. The SMILES string of the molecule is CCCCOCCOCCOC(=O)CC(C)C(=O)OCCOCCOCCCC. The minimum absolute atomic E-state index is 0.0227. The van der Waals surface area contributed by atoms with Gasteiger partial charge in [-0.15, -0.1) is 0 Å². The van der Waals surface area contributed by atoms with Crippen molar-refractivity contribution < 1.29 is 38.0 Å². The van der Waals surface area contributed by atoms with E-state index >= 15 is 0 Å². The summed E-state index contributed by atoms with van der Waals surface area (Å²) in [5.74, 6) is -1.45. The Morgan fingerprint density at radius 2 is 1.03 bits per heavy atom. The summed E-state index contributed by atoms with van der Waals surface area (Å²) >= 11 is 0. The van der Waals surface area contributed by atoms with Gasteiger partial charge in [0.25, 0.3) is 0 Å². The molecule has 0 bridgehead atoms. The van der Waals surface area contributed by atoms with Crippen molar-refractivity contribution in [2.75, 3.05) is 66.1 Å². The van der Waals surface area contributed by atoms with Crippen molar-refractivity contribution in [3.8, 4) is 0 Å². The fourth-order valence-corrected chi connectivity index (χ4v) is 2.09. The predicted molar refractivity (Wildman–Crippen MR) is 109 cm³/mol. The highest BCUT2D eigenvalue weighted by atomic mass is 16.6. The van der Waals surface area contributed by atoms with Gasteiger partial charge in [-0.25, -0.2) is 0 Å². The number of hydrogen-bond donors (Lipinski definition) is 0. The molecule has 0 aromatic heterocycles. The van der Waals surface area contributed by atoms with Crippen LogP contribution in [-0.4, -0.2) is 78.0 Å². The van der Waals surface area contributed by atoms with E-state index in [1.54, 1.807) is 6.92 Å². The van der Waals surface area contributed by atoms with E-state index in [1.807, 2.05) is 0 Å². The Labute approximate surface area is 175 Å². The first-order chi connectivity index (χ1) is 14.1. The van der Waals surface area contributed by atoms with Gasteiger partial charge in [0.05, 0.1) is 52.0 Å². The van der Waals surface area contributed by atoms with E-state index in [0.717, 1.165) is 38.9 Å². The smallest absolute Gasteiger partial charge is 0.309 e. The molecule has 0 radical (unpaired) electrons. The summed E-state index contributed by atoms with van der Waals surface area (Å²) in [5, 5.41) is 0. The number of carbonyl (C=O) groups excluding carboxylic acids is 2. The van der Waals surface area contributed by atoms with Crippen LogP contribution in [0.3, 0.4) is 0 Å². The molecule has 8 nitrogen and oxygen atoms in total. The Balaban J connectivity index is 3.50. The molecule has 0 fully saturated rings. The normalized spacial score (nSPS) is 12.0. The third kappa shape index (κ3) is 19.9. The first kappa shape index (κ1) is 27.8. The van der Waals surface area contributed by atoms with Crippen LogP contribution in [-0.2, 0) is 38.0 Å². The molecule has 0 saturated heterocycles. The van der Waals surface area contributed by atoms with Gasteiger partial charge in [-0.1, -0.05) is 33.6 Å². The minimum Gasteiger partial charge on any atom is -0.463 e. The van der Waals surface area contributed by atoms with Gasteiger partial charge in [-0.2, -0.15) is 0 Å². The fourth-order valence-electron chi connectivity index (χ4n) is 2.09. The van der Waals surface area contributed by atoms with E-state index in [1.165, 1.54) is 0 Å². The molecule has 29 heavy (non-hydrogen) atoms. The van der Waals surface area contributed by atoms with Crippen LogP contribution in [0.5, 0.6) is 0 Å². The van der Waals surface area contributed by atoms with Gasteiger partial charge in [0.1, 0.15) is 13.2 Å². The van der Waals surface area contributed by atoms with Crippen LogP contribution in [0.2, 0.25) is 0 Å². The van der Waals surface area contributed by atoms with Crippen LogP contribution in [0.1, 0.15) is 52.9 Å². The van der Waals surface area contributed by atoms with Gasteiger partial charge in [-0.05, 0) is 12.8 Å². The van der Waals surface area contributed by atoms with Crippen LogP contribution >= 0.6 is 0 Å². The van der Waals surface area contributed by atoms with Gasteiger partial charge in [-0.3, -0.25) is 9.59 Å². The molecule has 8 heteroatoms. The molecule has 0 aromatic carbocycles. The molecular formula is C21H40O8. The van der Waals surface area contributed by atoms with Crippen LogP contribution < -0.4 is 0 Å². The molecule has 0 rings (SSSR count). The van der Waals surface area contributed by atoms with Gasteiger partial charge < -0.3 is 28.4 Å². The lowest BCUT2D eigenvalue weighted by Gasteiger charge is -2.12. The molecule has 0 spiro atoms. The van der Waals surface area contributed by atoms with Gasteiger partial charge >= 0.3 is 11.9 Å². The molecule has 0 aliphatic rings. The van der Waals surface area contributed by atoms with Crippen molar-refractivity contribution in [3.63, 3.8) is 0 Å². The Hall–Kier alpha value is -1.22. The number of hydrogen-bond acceptors (Lipinski definition) is 8. The maximum Gasteiger partial charge on any atom is 0.309 e. The average Bonchev–Trinajstić information content (AvgIpc) is 2.71. The van der Waals surface area contributed by atoms with E-state index in [-0.39, 0.29) is 19.6 Å². The van der Waals surface area contributed by atoms with E-state index in [4.69, 9.17) is 28.4 Å². The van der Waals surface area contributed by atoms with Crippen LogP contribution in [0, 0.1) is 5.92 Å². The highest BCUT2D eigenvalue weighted by Gasteiger charge is 2.19. The summed E-state index contributed by atoms with van der Waals surface area (Å²) in [5.41, 5.74) is 0. The van der Waals surface area contributed by atoms with Gasteiger partial charge in [0.2, 0.25) is 0 Å². The second-order valence-electron chi connectivity index (χ2n) is 6.65. The van der Waals surface area contributed by atoms with Gasteiger partial charge in [0.15, 0.2) is 0 Å². The lowest BCUT2D eigenvalue weighted by atomic mass is 10.1. The standard InChI is InChI=1S/C21H40O8/c1-4-6-8-24-10-12-26-14-16-28-20(22)18-19(3)21(23)29-17-15-27-13-11-25-9-7-5-2/h19H,4-18H2,1-3H3. The highest BCUT2D eigenvalue weighted by Crippen LogP contribution is 2.06. The largest absolute Gasteiger partial charge is 0.463 e. The Morgan fingerprint density at radius 1 is 0.621 bits per heavy atom. The average molecular weight is 421 g/mol. The van der Waals surface area contributed by atoms with Crippen LogP contribution in [0.4, 0.5) is 0 Å². The summed E-state index contributed by atoms with van der Waals surface area (Å²) in [6.07, 6.45) is 4.26. The van der Waals surface area contributed by atoms with Crippen molar-refractivity contribution in [2.24, 2.45) is 5.92 Å².